The maximum absolute atomic E-state index is 12.8. The number of hydrogen-bond donors (Lipinski definition) is 4. The van der Waals surface area contributed by atoms with E-state index < -0.39 is 10.0 Å². The molecule has 0 saturated heterocycles. The molecule has 1 heterocycles. The van der Waals surface area contributed by atoms with Gasteiger partial charge in [0.05, 0.1) is 43.2 Å². The number of hydrogen-bond acceptors (Lipinski definition) is 10. The summed E-state index contributed by atoms with van der Waals surface area (Å²) < 4.78 is 31.0. The smallest absolute Gasteiger partial charge is 0.251 e. The van der Waals surface area contributed by atoms with Crippen LogP contribution in [0, 0.1) is 0 Å². The van der Waals surface area contributed by atoms with E-state index in [1.165, 1.54) is 20.4 Å². The number of amides is 2. The van der Waals surface area contributed by atoms with E-state index in [2.05, 4.69) is 31.4 Å². The molecule has 15 heteroatoms. The summed E-state index contributed by atoms with van der Waals surface area (Å²) in [6, 6.07) is 21.4. The molecule has 4 aromatic rings. The van der Waals surface area contributed by atoms with Crippen molar-refractivity contribution in [2.45, 2.75) is 38.7 Å². The number of aromatic nitrogens is 2. The Kier molecular flexibility index (Phi) is 13.6. The molecule has 0 bridgehead atoms. The number of nitrogens with zero attached hydrogens (tertiary/aromatic N) is 3. The van der Waals surface area contributed by atoms with Crippen molar-refractivity contribution in [3.05, 3.63) is 95.1 Å². The average Bonchev–Trinajstić information content (AvgIpc) is 3.09. The van der Waals surface area contributed by atoms with E-state index in [1.807, 2.05) is 30.3 Å². The van der Waals surface area contributed by atoms with Gasteiger partial charge in [0.1, 0.15) is 10.8 Å². The predicted molar refractivity (Wildman–Crippen MR) is 191 cm³/mol. The van der Waals surface area contributed by atoms with E-state index in [4.69, 9.17) is 21.2 Å². The van der Waals surface area contributed by atoms with Gasteiger partial charge in [0.15, 0.2) is 5.82 Å². The SMILES string of the molecule is COc1cc(C(=O)NCCCCCCC(=O)NOCc2ccccc2)ccc1Nc1ncc(Cl)c(Nc2ccccc2N(C)S(C)(=O)=O)n1. The molecule has 49 heavy (non-hydrogen) atoms. The monoisotopic (exact) mass is 709 g/mol. The molecule has 13 nitrogen and oxygen atoms in total. The standard InChI is InChI=1S/C34H40ClN7O6S/c1-42(49(3,45)46)29-16-11-10-15-27(29)38-32-26(35)22-37-34(40-32)39-28-19-18-25(21-30(28)47-2)33(44)36-20-12-5-4-9-17-31(43)41-48-23-24-13-7-6-8-14-24/h6-8,10-11,13-16,18-19,21-22H,4-5,9,12,17,20,23H2,1-3H3,(H,36,44)(H,41,43)(H2,37,38,39,40). The van der Waals surface area contributed by atoms with Crippen LogP contribution < -0.4 is 30.5 Å². The fraction of sp³-hybridized carbons (Fsp3) is 0.294. The van der Waals surface area contributed by atoms with Crippen LogP contribution in [0.1, 0.15) is 48.0 Å². The first-order valence-corrected chi connectivity index (χ1v) is 17.8. The number of benzene rings is 3. The lowest BCUT2D eigenvalue weighted by molar-refractivity contribution is -0.134. The minimum Gasteiger partial charge on any atom is -0.495 e. The van der Waals surface area contributed by atoms with E-state index in [1.54, 1.807) is 42.5 Å². The molecule has 0 unspecified atom stereocenters. The van der Waals surface area contributed by atoms with Crippen molar-refractivity contribution < 1.29 is 27.6 Å². The third-order valence-corrected chi connectivity index (χ3v) is 8.80. The highest BCUT2D eigenvalue weighted by atomic mass is 35.5. The van der Waals surface area contributed by atoms with Crippen molar-refractivity contribution in [1.29, 1.82) is 0 Å². The number of unbranched alkanes of at least 4 members (excludes halogenated alkanes) is 3. The molecule has 0 atom stereocenters. The van der Waals surface area contributed by atoms with Gasteiger partial charge >= 0.3 is 0 Å². The summed E-state index contributed by atoms with van der Waals surface area (Å²) in [6.07, 6.45) is 6.11. The number of para-hydroxylation sites is 2. The normalized spacial score (nSPS) is 11.0. The number of rotatable bonds is 18. The summed E-state index contributed by atoms with van der Waals surface area (Å²) in [4.78, 5) is 38.7. The van der Waals surface area contributed by atoms with Gasteiger partial charge in [-0.1, -0.05) is 66.9 Å². The second kappa shape index (κ2) is 18.0. The molecule has 0 fully saturated rings. The number of halogens is 1. The molecular weight excluding hydrogens is 670 g/mol. The van der Waals surface area contributed by atoms with Gasteiger partial charge in [-0.2, -0.15) is 4.98 Å². The average molecular weight is 710 g/mol. The molecule has 0 aliphatic rings. The van der Waals surface area contributed by atoms with Gasteiger partial charge in [-0.25, -0.2) is 18.9 Å². The quantitative estimate of drug-likeness (QED) is 0.0717. The van der Waals surface area contributed by atoms with Crippen LogP contribution in [0.15, 0.2) is 79.0 Å². The van der Waals surface area contributed by atoms with Crippen LogP contribution in [-0.4, -0.2) is 57.2 Å². The van der Waals surface area contributed by atoms with Crippen LogP contribution in [0.25, 0.3) is 0 Å². The van der Waals surface area contributed by atoms with Gasteiger partial charge in [-0.05, 0) is 48.7 Å². The topological polar surface area (TPSA) is 164 Å². The van der Waals surface area contributed by atoms with Gasteiger partial charge < -0.3 is 20.7 Å². The van der Waals surface area contributed by atoms with Crippen LogP contribution in [0.5, 0.6) is 5.75 Å². The van der Waals surface area contributed by atoms with E-state index in [0.717, 1.165) is 41.8 Å². The maximum Gasteiger partial charge on any atom is 0.251 e. The van der Waals surface area contributed by atoms with Gasteiger partial charge in [-0.15, -0.1) is 0 Å². The van der Waals surface area contributed by atoms with E-state index in [-0.39, 0.29) is 28.6 Å². The number of carbonyl (C=O) groups is 2. The number of ether oxygens (including phenoxy) is 1. The molecule has 0 spiro atoms. The number of carbonyl (C=O) groups excluding carboxylic acids is 2. The largest absolute Gasteiger partial charge is 0.495 e. The van der Waals surface area contributed by atoms with Crippen molar-refractivity contribution in [3.8, 4) is 5.75 Å². The second-order valence-corrected chi connectivity index (χ2v) is 13.4. The first kappa shape index (κ1) is 36.9. The van der Waals surface area contributed by atoms with Crippen molar-refractivity contribution >= 4 is 62.3 Å². The molecule has 4 N–H and O–H groups in total. The van der Waals surface area contributed by atoms with Crippen LogP contribution >= 0.6 is 11.6 Å². The summed E-state index contributed by atoms with van der Waals surface area (Å²) in [6.45, 7) is 0.809. The lowest BCUT2D eigenvalue weighted by atomic mass is 10.1. The first-order chi connectivity index (χ1) is 23.5. The molecule has 0 aliphatic heterocycles. The van der Waals surface area contributed by atoms with Gasteiger partial charge in [0.2, 0.25) is 21.9 Å². The zero-order valence-electron chi connectivity index (χ0n) is 27.5. The number of methoxy groups -OCH3 is 1. The van der Waals surface area contributed by atoms with Crippen LogP contribution in [-0.2, 0) is 26.3 Å². The lowest BCUT2D eigenvalue weighted by Gasteiger charge is -2.21. The van der Waals surface area contributed by atoms with Crippen molar-refractivity contribution in [2.24, 2.45) is 0 Å². The lowest BCUT2D eigenvalue weighted by Crippen LogP contribution is -2.25. The van der Waals surface area contributed by atoms with Crippen molar-refractivity contribution in [2.75, 3.05) is 41.9 Å². The molecule has 2 amide bonds. The Morgan fingerprint density at radius 1 is 0.918 bits per heavy atom. The zero-order valence-corrected chi connectivity index (χ0v) is 29.1. The summed E-state index contributed by atoms with van der Waals surface area (Å²) >= 11 is 6.37. The molecule has 0 saturated carbocycles. The first-order valence-electron chi connectivity index (χ1n) is 15.6. The van der Waals surface area contributed by atoms with Crippen LogP contribution in [0.3, 0.4) is 0 Å². The Hall–Kier alpha value is -4.92. The Bertz CT molecular complexity index is 1830. The Morgan fingerprint density at radius 3 is 2.41 bits per heavy atom. The molecule has 0 radical (unpaired) electrons. The highest BCUT2D eigenvalue weighted by Crippen LogP contribution is 2.33. The third kappa shape index (κ3) is 11.3. The minimum absolute atomic E-state index is 0.156. The highest BCUT2D eigenvalue weighted by Gasteiger charge is 2.18. The Balaban J connectivity index is 1.24. The maximum atomic E-state index is 12.8. The number of sulfonamides is 1. The van der Waals surface area contributed by atoms with Gasteiger partial charge in [0.25, 0.3) is 5.91 Å². The Labute approximate surface area is 291 Å². The highest BCUT2D eigenvalue weighted by molar-refractivity contribution is 7.92. The zero-order chi connectivity index (χ0) is 35.2. The van der Waals surface area contributed by atoms with E-state index in [9.17, 15) is 18.0 Å². The molecule has 4 rings (SSSR count). The summed E-state index contributed by atoms with van der Waals surface area (Å²) in [7, 11) is -0.568. The predicted octanol–water partition coefficient (Wildman–Crippen LogP) is 5.95. The Morgan fingerprint density at radius 2 is 1.65 bits per heavy atom. The minimum atomic E-state index is -3.51. The molecule has 0 aliphatic carbocycles. The molecule has 260 valence electrons. The van der Waals surface area contributed by atoms with Gasteiger partial charge in [-0.3, -0.25) is 18.7 Å². The van der Waals surface area contributed by atoms with Crippen molar-refractivity contribution in [1.82, 2.24) is 20.8 Å². The molecule has 3 aromatic carbocycles. The number of anilines is 5. The number of hydroxylamine groups is 1. The van der Waals surface area contributed by atoms with Crippen LogP contribution in [0.2, 0.25) is 5.02 Å². The number of nitrogens with one attached hydrogen (secondary N) is 4. The van der Waals surface area contributed by atoms with Crippen molar-refractivity contribution in [3.63, 3.8) is 0 Å². The molecular formula is C34H40ClN7O6S. The fourth-order valence-electron chi connectivity index (χ4n) is 4.62. The van der Waals surface area contributed by atoms with Gasteiger partial charge in [0, 0.05) is 25.6 Å². The fourth-order valence-corrected chi connectivity index (χ4v) is 5.28. The molecule has 1 aromatic heterocycles. The third-order valence-electron chi connectivity index (χ3n) is 7.33. The summed E-state index contributed by atoms with van der Waals surface area (Å²) in [5, 5.41) is 9.31. The second-order valence-electron chi connectivity index (χ2n) is 11.0. The summed E-state index contributed by atoms with van der Waals surface area (Å²) in [5.74, 6) is 0.434. The van der Waals surface area contributed by atoms with E-state index >= 15 is 0 Å². The van der Waals surface area contributed by atoms with Crippen LogP contribution in [0.4, 0.5) is 28.8 Å². The summed E-state index contributed by atoms with van der Waals surface area (Å²) in [5.41, 5.74) is 5.27. The van der Waals surface area contributed by atoms with E-state index in [0.29, 0.717) is 47.9 Å².